The number of nitrogens with one attached hydrogen (secondary N) is 3. The van der Waals surface area contributed by atoms with Crippen LogP contribution < -0.4 is 20.3 Å². The van der Waals surface area contributed by atoms with Gasteiger partial charge < -0.3 is 20.6 Å². The van der Waals surface area contributed by atoms with Crippen molar-refractivity contribution in [2.75, 3.05) is 31.1 Å². The molecule has 0 radical (unpaired) electrons. The van der Waals surface area contributed by atoms with Crippen LogP contribution in [0.5, 0.6) is 0 Å². The zero-order valence-corrected chi connectivity index (χ0v) is 26.0. The summed E-state index contributed by atoms with van der Waals surface area (Å²) in [7, 11) is -3.66. The fourth-order valence-corrected chi connectivity index (χ4v) is 6.71. The van der Waals surface area contributed by atoms with Crippen LogP contribution in [0.4, 0.5) is 24.5 Å². The molecule has 0 spiro atoms. The number of anilines is 2. The molecule has 242 valence electrons. The number of hydrogen-bond acceptors (Lipinski definition) is 6. The van der Waals surface area contributed by atoms with Gasteiger partial charge in [-0.2, -0.15) is 13.2 Å². The normalized spacial score (nSPS) is 18.0. The zero-order valence-electron chi connectivity index (χ0n) is 24.4. The molecule has 0 aromatic heterocycles. The number of halogens is 4. The van der Waals surface area contributed by atoms with Crippen molar-refractivity contribution in [1.82, 2.24) is 15.4 Å². The number of sulfonamides is 1. The van der Waals surface area contributed by atoms with Crippen LogP contribution in [0.25, 0.3) is 0 Å². The van der Waals surface area contributed by atoms with Gasteiger partial charge in [0.2, 0.25) is 15.9 Å². The lowest BCUT2D eigenvalue weighted by atomic mass is 9.95. The van der Waals surface area contributed by atoms with Crippen LogP contribution in [0.1, 0.15) is 23.1 Å². The molecule has 1 saturated heterocycles. The predicted octanol–water partition coefficient (Wildman–Crippen LogP) is 4.59. The molecular formula is C31H34ClF3N4O5S. The van der Waals surface area contributed by atoms with Crippen LogP contribution in [0, 0.1) is 12.8 Å². The first-order valence-corrected chi connectivity index (χ1v) is 16.1. The summed E-state index contributed by atoms with van der Waals surface area (Å²) in [5.41, 5.74) is 5.70. The predicted molar refractivity (Wildman–Crippen MR) is 165 cm³/mol. The molecule has 2 atom stereocenters. The standard InChI is InChI=1S/C29H33ClN4O3S.C2HF3O2/c1-20-6-12-26(13-7-20)38(36,37)33-25-16-23(18-31-19-25)29(35)32-14-15-34-27-5-3-2-4-21(27)8-9-22-10-11-24(30)17-28(22)34;3-2(4,5)1(6)7/h2-7,10-13,17,23,25,31,33H,8-9,14-16,18-19H2,1H3,(H,32,35);(H,6,7)/t23-,25+;/m0./s1. The Kier molecular flexibility index (Phi) is 11.1. The summed E-state index contributed by atoms with van der Waals surface area (Å²) in [6.45, 7) is 3.96. The monoisotopic (exact) mass is 666 g/mol. The van der Waals surface area contributed by atoms with E-state index in [2.05, 4.69) is 44.5 Å². The van der Waals surface area contributed by atoms with E-state index < -0.39 is 22.2 Å². The Morgan fingerprint density at radius 1 is 1.00 bits per heavy atom. The van der Waals surface area contributed by atoms with Crippen LogP contribution >= 0.6 is 11.6 Å². The highest BCUT2D eigenvalue weighted by Gasteiger charge is 2.38. The van der Waals surface area contributed by atoms with Crippen molar-refractivity contribution in [3.8, 4) is 0 Å². The number of para-hydroxylation sites is 1. The molecule has 5 rings (SSSR count). The van der Waals surface area contributed by atoms with Gasteiger partial charge in [0.1, 0.15) is 0 Å². The fraction of sp³-hybridized carbons (Fsp3) is 0.355. The first-order chi connectivity index (χ1) is 21.2. The van der Waals surface area contributed by atoms with Crippen molar-refractivity contribution in [3.05, 3.63) is 88.4 Å². The molecule has 14 heteroatoms. The lowest BCUT2D eigenvalue weighted by Gasteiger charge is -2.30. The SMILES string of the molecule is Cc1ccc(S(=O)(=O)N[C@H]2CNC[C@@H](C(=O)NCCN3c4ccccc4CCc4ccc(Cl)cc43)C2)cc1.O=C(O)C(F)(F)F. The number of aliphatic carboxylic acids is 1. The average molecular weight is 667 g/mol. The van der Waals surface area contributed by atoms with Gasteiger partial charge in [-0.3, -0.25) is 4.79 Å². The Bertz CT molecular complexity index is 1620. The number of piperidine rings is 1. The van der Waals surface area contributed by atoms with Crippen molar-refractivity contribution in [3.63, 3.8) is 0 Å². The summed E-state index contributed by atoms with van der Waals surface area (Å²) in [4.78, 5) is 24.5. The Morgan fingerprint density at radius 3 is 2.31 bits per heavy atom. The molecule has 2 heterocycles. The number of alkyl halides is 3. The Balaban J connectivity index is 0.000000591. The third-order valence-electron chi connectivity index (χ3n) is 7.54. The molecule has 3 aromatic rings. The third-order valence-corrected chi connectivity index (χ3v) is 9.31. The summed E-state index contributed by atoms with van der Waals surface area (Å²) in [6.07, 6.45) is -2.77. The lowest BCUT2D eigenvalue weighted by molar-refractivity contribution is -0.192. The van der Waals surface area contributed by atoms with E-state index >= 15 is 0 Å². The molecule has 0 unspecified atom stereocenters. The molecule has 2 aliphatic rings. The van der Waals surface area contributed by atoms with Gasteiger partial charge in [0.25, 0.3) is 0 Å². The van der Waals surface area contributed by atoms with Crippen LogP contribution in [0.15, 0.2) is 71.6 Å². The number of nitrogens with zero attached hydrogens (tertiary/aromatic N) is 1. The minimum Gasteiger partial charge on any atom is -0.475 e. The van der Waals surface area contributed by atoms with Gasteiger partial charge in [-0.05, 0) is 67.6 Å². The van der Waals surface area contributed by atoms with Crippen LogP contribution in [-0.4, -0.2) is 63.8 Å². The number of fused-ring (bicyclic) bond motifs is 2. The van der Waals surface area contributed by atoms with E-state index in [-0.39, 0.29) is 22.8 Å². The van der Waals surface area contributed by atoms with Gasteiger partial charge in [0.15, 0.2) is 0 Å². The molecule has 0 aliphatic carbocycles. The summed E-state index contributed by atoms with van der Waals surface area (Å²) in [5, 5.41) is 14.1. The van der Waals surface area contributed by atoms with E-state index in [4.69, 9.17) is 21.5 Å². The molecule has 1 fully saturated rings. The maximum atomic E-state index is 13.1. The topological polar surface area (TPSA) is 128 Å². The second-order valence-corrected chi connectivity index (χ2v) is 13.0. The molecule has 1 amide bonds. The molecule has 3 aromatic carbocycles. The summed E-state index contributed by atoms with van der Waals surface area (Å²) < 4.78 is 60.2. The smallest absolute Gasteiger partial charge is 0.475 e. The molecule has 9 nitrogen and oxygen atoms in total. The van der Waals surface area contributed by atoms with Crippen LogP contribution in [-0.2, 0) is 32.5 Å². The number of aryl methyl sites for hydroxylation is 3. The average Bonchev–Trinajstić information content (AvgIpc) is 3.13. The van der Waals surface area contributed by atoms with Gasteiger partial charge in [0.05, 0.1) is 10.8 Å². The van der Waals surface area contributed by atoms with Gasteiger partial charge in [0, 0.05) is 48.6 Å². The second-order valence-electron chi connectivity index (χ2n) is 10.9. The Labute approximate surface area is 264 Å². The van der Waals surface area contributed by atoms with E-state index in [0.717, 1.165) is 29.8 Å². The summed E-state index contributed by atoms with van der Waals surface area (Å²) in [5.74, 6) is -3.16. The van der Waals surface area contributed by atoms with Gasteiger partial charge >= 0.3 is 12.1 Å². The number of hydrogen-bond donors (Lipinski definition) is 4. The van der Waals surface area contributed by atoms with Crippen LogP contribution in [0.2, 0.25) is 5.02 Å². The summed E-state index contributed by atoms with van der Waals surface area (Å²) in [6, 6.07) is 20.8. The van der Waals surface area contributed by atoms with E-state index in [1.807, 2.05) is 25.1 Å². The quantitative estimate of drug-likeness (QED) is 0.291. The molecule has 0 bridgehead atoms. The molecule has 0 saturated carbocycles. The van der Waals surface area contributed by atoms with Crippen molar-refractivity contribution < 1.29 is 36.3 Å². The van der Waals surface area contributed by atoms with E-state index in [1.54, 1.807) is 24.3 Å². The second kappa shape index (κ2) is 14.6. The largest absolute Gasteiger partial charge is 0.490 e. The minimum absolute atomic E-state index is 0.0776. The van der Waals surface area contributed by atoms with E-state index in [0.29, 0.717) is 37.6 Å². The third kappa shape index (κ3) is 9.19. The van der Waals surface area contributed by atoms with E-state index in [1.165, 1.54) is 11.1 Å². The molecule has 4 N–H and O–H groups in total. The minimum atomic E-state index is -5.08. The van der Waals surface area contributed by atoms with Crippen molar-refractivity contribution in [2.24, 2.45) is 5.92 Å². The molecular weight excluding hydrogens is 633 g/mol. The highest BCUT2D eigenvalue weighted by Crippen LogP contribution is 2.37. The molecule has 45 heavy (non-hydrogen) atoms. The number of carboxylic acid groups (broad SMARTS) is 1. The van der Waals surface area contributed by atoms with Gasteiger partial charge in [-0.25, -0.2) is 17.9 Å². The lowest BCUT2D eigenvalue weighted by Crippen LogP contribution is -2.52. The number of amides is 1. The number of benzene rings is 3. The highest BCUT2D eigenvalue weighted by molar-refractivity contribution is 7.89. The first-order valence-electron chi connectivity index (χ1n) is 14.3. The van der Waals surface area contributed by atoms with Crippen LogP contribution in [0.3, 0.4) is 0 Å². The van der Waals surface area contributed by atoms with Gasteiger partial charge in [-0.1, -0.05) is 53.6 Å². The number of carboxylic acids is 1. The fourth-order valence-electron chi connectivity index (χ4n) is 5.30. The maximum Gasteiger partial charge on any atom is 0.490 e. The maximum absolute atomic E-state index is 13.1. The number of rotatable bonds is 7. The first kappa shape index (κ1) is 34.2. The molecule has 2 aliphatic heterocycles. The number of carbonyl (C=O) groups is 2. The van der Waals surface area contributed by atoms with Crippen molar-refractivity contribution in [1.29, 1.82) is 0 Å². The Hall–Kier alpha value is -3.65. The van der Waals surface area contributed by atoms with Crippen molar-refractivity contribution >= 4 is 44.9 Å². The number of carbonyl (C=O) groups excluding carboxylic acids is 1. The Morgan fingerprint density at radius 2 is 1.64 bits per heavy atom. The van der Waals surface area contributed by atoms with Crippen molar-refractivity contribution in [2.45, 2.75) is 43.3 Å². The zero-order chi connectivity index (χ0) is 32.8. The van der Waals surface area contributed by atoms with Gasteiger partial charge in [-0.15, -0.1) is 0 Å². The summed E-state index contributed by atoms with van der Waals surface area (Å²) >= 11 is 6.36. The highest BCUT2D eigenvalue weighted by atomic mass is 35.5. The van der Waals surface area contributed by atoms with E-state index in [9.17, 15) is 26.4 Å².